The SMILES string of the molecule is C.O=O.O=O.OO.[Ru].[Ru]. The predicted octanol–water partition coefficient (Wildman–Crippen LogP) is 0.782. The molecule has 62 valence electrons. The second-order valence-electron chi connectivity index (χ2n) is 0. The van der Waals surface area contributed by atoms with Gasteiger partial charge in [-0.15, -0.1) is 0 Å². The van der Waals surface area contributed by atoms with E-state index in [4.69, 9.17) is 30.4 Å². The van der Waals surface area contributed by atoms with E-state index < -0.39 is 0 Å². The summed E-state index contributed by atoms with van der Waals surface area (Å²) in [5, 5.41) is 12.0. The predicted molar refractivity (Wildman–Crippen MR) is 25.5 cm³/mol. The summed E-state index contributed by atoms with van der Waals surface area (Å²) in [7, 11) is 0. The van der Waals surface area contributed by atoms with Crippen LogP contribution in [0.1, 0.15) is 7.43 Å². The van der Waals surface area contributed by atoms with Crippen molar-refractivity contribution in [1.29, 1.82) is 0 Å². The zero-order valence-electron chi connectivity index (χ0n) is 3.23. The second-order valence-corrected chi connectivity index (χ2v) is 0. The Labute approximate surface area is 76.9 Å². The zero-order chi connectivity index (χ0) is 6.00. The van der Waals surface area contributed by atoms with Gasteiger partial charge in [0.2, 0.25) is 0 Å². The van der Waals surface area contributed by atoms with Gasteiger partial charge in [0.25, 0.3) is 0 Å². The van der Waals surface area contributed by atoms with Gasteiger partial charge >= 0.3 is 0 Å². The van der Waals surface area contributed by atoms with Crippen molar-refractivity contribution in [2.45, 2.75) is 7.43 Å². The topological polar surface area (TPSA) is 109 Å². The molecule has 0 atom stereocenters. The molecule has 0 heterocycles. The molecule has 0 aromatic heterocycles. The second kappa shape index (κ2) is 3380. The summed E-state index contributed by atoms with van der Waals surface area (Å²) < 4.78 is 0. The Morgan fingerprint density at radius 1 is 0.667 bits per heavy atom. The molecule has 6 nitrogen and oxygen atoms in total. The van der Waals surface area contributed by atoms with Crippen LogP contribution in [0.15, 0.2) is 0 Å². The van der Waals surface area contributed by atoms with Gasteiger partial charge in [0, 0.05) is 58.8 Å². The van der Waals surface area contributed by atoms with Crippen LogP contribution in [0, 0.1) is 19.9 Å². The van der Waals surface area contributed by atoms with Gasteiger partial charge in [0.1, 0.15) is 0 Å². The Morgan fingerprint density at radius 3 is 0.667 bits per heavy atom. The molecular weight excluding hydrogens is 310 g/mol. The summed E-state index contributed by atoms with van der Waals surface area (Å²) in [6.45, 7) is 0. The van der Waals surface area contributed by atoms with E-state index in [2.05, 4.69) is 0 Å². The minimum atomic E-state index is 0. The molecule has 0 aromatic carbocycles. The Bertz CT molecular complexity index is 13.0. The Kier molecular flexibility index (Phi) is 21700. The van der Waals surface area contributed by atoms with E-state index in [-0.39, 0.29) is 46.4 Å². The van der Waals surface area contributed by atoms with Crippen LogP contribution in [0.3, 0.4) is 0 Å². The van der Waals surface area contributed by atoms with E-state index in [1.165, 1.54) is 0 Å². The van der Waals surface area contributed by atoms with Crippen LogP contribution in [-0.4, -0.2) is 10.5 Å². The van der Waals surface area contributed by atoms with Crippen LogP contribution in [-0.2, 0) is 39.0 Å². The van der Waals surface area contributed by atoms with E-state index >= 15 is 0 Å². The van der Waals surface area contributed by atoms with Crippen molar-refractivity contribution in [3.63, 3.8) is 0 Å². The molecule has 0 radical (unpaired) electrons. The molecule has 0 aromatic rings. The van der Waals surface area contributed by atoms with Gasteiger partial charge in [-0.25, -0.2) is 0 Å². The fraction of sp³-hybridized carbons (Fsp3) is 1.00. The van der Waals surface area contributed by atoms with Gasteiger partial charge in [-0.05, 0) is 0 Å². The van der Waals surface area contributed by atoms with E-state index in [9.17, 15) is 0 Å². The fourth-order valence-electron chi connectivity index (χ4n) is 0. The third-order valence-electron chi connectivity index (χ3n) is 0. The molecule has 0 aliphatic heterocycles. The number of hydrogen-bond donors (Lipinski definition) is 2. The van der Waals surface area contributed by atoms with Crippen LogP contribution in [0.25, 0.3) is 0 Å². The number of hydrogen-bond acceptors (Lipinski definition) is 6. The quantitative estimate of drug-likeness (QED) is 0.388. The van der Waals surface area contributed by atoms with Gasteiger partial charge in [0.15, 0.2) is 0 Å². The molecule has 0 bridgehead atoms. The summed E-state index contributed by atoms with van der Waals surface area (Å²) in [6, 6.07) is 0. The third kappa shape index (κ3) is 2520. The minimum absolute atomic E-state index is 0. The van der Waals surface area contributed by atoms with Crippen LogP contribution < -0.4 is 0 Å². The standard InChI is InChI=1S/CH4.H2O2.2O2.2Ru/c;3*1-2;;/h1H4;1-2H;;;;. The van der Waals surface area contributed by atoms with Crippen molar-refractivity contribution >= 4 is 0 Å². The fourth-order valence-corrected chi connectivity index (χ4v) is 0. The summed E-state index contributed by atoms with van der Waals surface area (Å²) in [5.41, 5.74) is 0. The molecule has 8 heteroatoms. The molecule has 2 N–H and O–H groups in total. The summed E-state index contributed by atoms with van der Waals surface area (Å²) >= 11 is 0. The third-order valence-corrected chi connectivity index (χ3v) is 0. The number of rotatable bonds is 0. The van der Waals surface area contributed by atoms with Crippen LogP contribution in [0.2, 0.25) is 0 Å². The molecular formula is CH6O6Ru2. The van der Waals surface area contributed by atoms with Crippen molar-refractivity contribution in [3.05, 3.63) is 19.9 Å². The smallest absolute Gasteiger partial charge is 0 e. The average molecular weight is 316 g/mol. The van der Waals surface area contributed by atoms with E-state index in [0.717, 1.165) is 0 Å². The molecule has 0 aliphatic rings. The Morgan fingerprint density at radius 2 is 0.667 bits per heavy atom. The van der Waals surface area contributed by atoms with Gasteiger partial charge in [-0.3, -0.25) is 10.5 Å². The van der Waals surface area contributed by atoms with Crippen LogP contribution in [0.5, 0.6) is 0 Å². The van der Waals surface area contributed by atoms with Crippen molar-refractivity contribution in [2.75, 3.05) is 0 Å². The van der Waals surface area contributed by atoms with Crippen molar-refractivity contribution in [2.24, 2.45) is 0 Å². The normalized spacial score (nSPS) is 1.56. The molecule has 0 aliphatic carbocycles. The maximum atomic E-state index is 7.00. The summed E-state index contributed by atoms with van der Waals surface area (Å²) in [5.74, 6) is 0. The van der Waals surface area contributed by atoms with Gasteiger partial charge in [0.05, 0.1) is 0 Å². The van der Waals surface area contributed by atoms with E-state index in [0.29, 0.717) is 0 Å². The van der Waals surface area contributed by atoms with E-state index in [1.54, 1.807) is 0 Å². The van der Waals surface area contributed by atoms with Crippen LogP contribution in [0.4, 0.5) is 0 Å². The molecule has 0 amide bonds. The summed E-state index contributed by atoms with van der Waals surface area (Å²) in [4.78, 5) is 28.0. The van der Waals surface area contributed by atoms with E-state index in [1.807, 2.05) is 0 Å². The Hall–Kier alpha value is 0.367. The Balaban J connectivity index is -0.00000000321. The zero-order valence-corrected chi connectivity index (χ0v) is 6.71. The van der Waals surface area contributed by atoms with Crippen molar-refractivity contribution in [1.82, 2.24) is 0 Å². The minimum Gasteiger partial charge on any atom is -0.255 e. The van der Waals surface area contributed by atoms with Gasteiger partial charge in [-0.2, -0.15) is 0 Å². The molecule has 0 saturated carbocycles. The molecule has 0 saturated heterocycles. The monoisotopic (exact) mass is 318 g/mol. The first-order chi connectivity index (χ1) is 3.00. The molecule has 9 heavy (non-hydrogen) atoms. The average Bonchev–Trinajstić information content (AvgIpc) is 1.81. The van der Waals surface area contributed by atoms with Crippen LogP contribution >= 0.6 is 0 Å². The molecule has 0 unspecified atom stereocenters. The summed E-state index contributed by atoms with van der Waals surface area (Å²) in [6.07, 6.45) is 0. The molecule has 0 spiro atoms. The molecule has 0 rings (SSSR count). The first kappa shape index (κ1) is 57.8. The van der Waals surface area contributed by atoms with Gasteiger partial charge in [-0.1, -0.05) is 7.43 Å². The van der Waals surface area contributed by atoms with Crippen molar-refractivity contribution < 1.29 is 49.5 Å². The first-order valence-corrected chi connectivity index (χ1v) is 0.533. The first-order valence-electron chi connectivity index (χ1n) is 0.533. The largest absolute Gasteiger partial charge is 0.255 e. The van der Waals surface area contributed by atoms with Gasteiger partial charge < -0.3 is 0 Å². The maximum Gasteiger partial charge on any atom is 0 e. The maximum absolute atomic E-state index is 7.00. The van der Waals surface area contributed by atoms with Crippen molar-refractivity contribution in [3.8, 4) is 0 Å². The molecule has 0 fully saturated rings.